The Morgan fingerprint density at radius 1 is 1.12 bits per heavy atom. The van der Waals surface area contributed by atoms with E-state index in [1.807, 2.05) is 63.2 Å². The number of amides is 1. The van der Waals surface area contributed by atoms with Crippen LogP contribution in [0.4, 0.5) is 0 Å². The van der Waals surface area contributed by atoms with Gasteiger partial charge in [0.15, 0.2) is 0 Å². The summed E-state index contributed by atoms with van der Waals surface area (Å²) in [6.07, 6.45) is -0.424. The Labute approximate surface area is 143 Å². The third-order valence-electron chi connectivity index (χ3n) is 3.82. The maximum absolute atomic E-state index is 12.0. The highest BCUT2D eigenvalue weighted by Crippen LogP contribution is 2.13. The first-order valence-electron chi connectivity index (χ1n) is 8.14. The fraction of sp³-hybridized carbons (Fsp3) is 0.350. The minimum atomic E-state index is -0.743. The predicted molar refractivity (Wildman–Crippen MR) is 95.3 cm³/mol. The first-order valence-corrected chi connectivity index (χ1v) is 8.14. The van der Waals surface area contributed by atoms with Crippen molar-refractivity contribution < 1.29 is 14.6 Å². The molecule has 2 rings (SSSR count). The molecule has 24 heavy (non-hydrogen) atoms. The Bertz CT molecular complexity index is 697. The van der Waals surface area contributed by atoms with Gasteiger partial charge in [-0.2, -0.15) is 0 Å². The molecule has 1 amide bonds. The van der Waals surface area contributed by atoms with Gasteiger partial charge in [0.2, 0.25) is 5.91 Å². The number of carbonyl (C=O) groups is 1. The van der Waals surface area contributed by atoms with Crippen LogP contribution in [0.25, 0.3) is 0 Å². The van der Waals surface area contributed by atoms with E-state index in [1.54, 1.807) is 0 Å². The van der Waals surface area contributed by atoms with E-state index in [0.29, 0.717) is 6.42 Å². The Balaban J connectivity index is 1.75. The van der Waals surface area contributed by atoms with Crippen LogP contribution in [-0.2, 0) is 11.2 Å². The van der Waals surface area contributed by atoms with E-state index in [0.717, 1.165) is 28.0 Å². The van der Waals surface area contributed by atoms with Crippen molar-refractivity contribution in [2.24, 2.45) is 0 Å². The number of rotatable bonds is 7. The highest BCUT2D eigenvalue weighted by molar-refractivity contribution is 5.79. The van der Waals surface area contributed by atoms with E-state index in [1.165, 1.54) is 0 Å². The van der Waals surface area contributed by atoms with Crippen LogP contribution in [0.1, 0.15) is 22.3 Å². The lowest BCUT2D eigenvalue weighted by Crippen LogP contribution is -2.36. The highest BCUT2D eigenvalue weighted by Gasteiger charge is 2.10. The summed E-state index contributed by atoms with van der Waals surface area (Å²) in [6.45, 7) is 6.30. The third-order valence-corrected chi connectivity index (χ3v) is 3.82. The molecule has 0 aromatic heterocycles. The van der Waals surface area contributed by atoms with Crippen molar-refractivity contribution in [3.8, 4) is 5.75 Å². The molecule has 4 heteroatoms. The summed E-state index contributed by atoms with van der Waals surface area (Å²) in [6, 6.07) is 13.7. The normalized spacial score (nSPS) is 11.8. The zero-order valence-electron chi connectivity index (χ0n) is 14.5. The Kier molecular flexibility index (Phi) is 6.38. The fourth-order valence-corrected chi connectivity index (χ4v) is 2.41. The summed E-state index contributed by atoms with van der Waals surface area (Å²) in [5.74, 6) is 0.620. The zero-order valence-corrected chi connectivity index (χ0v) is 14.5. The van der Waals surface area contributed by atoms with E-state index in [2.05, 4.69) is 5.32 Å². The van der Waals surface area contributed by atoms with Crippen molar-refractivity contribution in [1.29, 1.82) is 0 Å². The molecule has 0 saturated carbocycles. The monoisotopic (exact) mass is 327 g/mol. The maximum Gasteiger partial charge on any atom is 0.224 e. The molecule has 0 bridgehead atoms. The van der Waals surface area contributed by atoms with Gasteiger partial charge in [-0.05, 0) is 49.6 Å². The number of benzene rings is 2. The minimum absolute atomic E-state index is 0.0988. The van der Waals surface area contributed by atoms with Crippen molar-refractivity contribution in [2.45, 2.75) is 33.3 Å². The average molecular weight is 327 g/mol. The lowest BCUT2D eigenvalue weighted by atomic mass is 10.0. The molecule has 0 fully saturated rings. The number of aryl methyl sites for hydroxylation is 3. The average Bonchev–Trinajstić information content (AvgIpc) is 2.54. The number of aliphatic hydroxyl groups is 1. The molecule has 2 N–H and O–H groups in total. The molecule has 2 aromatic carbocycles. The third kappa shape index (κ3) is 5.70. The van der Waals surface area contributed by atoms with Crippen LogP contribution in [0.5, 0.6) is 5.75 Å². The van der Waals surface area contributed by atoms with Crippen molar-refractivity contribution in [1.82, 2.24) is 5.32 Å². The molecule has 0 unspecified atom stereocenters. The molecule has 0 aliphatic carbocycles. The summed E-state index contributed by atoms with van der Waals surface area (Å²) < 4.78 is 5.53. The van der Waals surface area contributed by atoms with Gasteiger partial charge in [0, 0.05) is 6.54 Å². The predicted octanol–water partition coefficient (Wildman–Crippen LogP) is 2.71. The molecule has 4 nitrogen and oxygen atoms in total. The van der Waals surface area contributed by atoms with Gasteiger partial charge in [-0.25, -0.2) is 0 Å². The molecule has 0 radical (unpaired) electrons. The minimum Gasteiger partial charge on any atom is -0.491 e. The molecule has 0 spiro atoms. The van der Waals surface area contributed by atoms with Crippen molar-refractivity contribution in [3.05, 3.63) is 64.7 Å². The summed E-state index contributed by atoms with van der Waals surface area (Å²) in [5, 5.41) is 12.7. The first kappa shape index (κ1) is 18.0. The van der Waals surface area contributed by atoms with Crippen LogP contribution < -0.4 is 10.1 Å². The Morgan fingerprint density at radius 3 is 2.62 bits per heavy atom. The summed E-state index contributed by atoms with van der Waals surface area (Å²) in [4.78, 5) is 12.0. The van der Waals surface area contributed by atoms with Crippen LogP contribution in [0.15, 0.2) is 42.5 Å². The molecule has 0 aliphatic rings. The van der Waals surface area contributed by atoms with E-state index < -0.39 is 6.10 Å². The van der Waals surface area contributed by atoms with Crippen LogP contribution in [0, 0.1) is 20.8 Å². The molecule has 0 aliphatic heterocycles. The largest absolute Gasteiger partial charge is 0.491 e. The number of aliphatic hydroxyl groups excluding tert-OH is 1. The van der Waals surface area contributed by atoms with Gasteiger partial charge in [0.05, 0.1) is 6.42 Å². The topological polar surface area (TPSA) is 58.6 Å². The van der Waals surface area contributed by atoms with Gasteiger partial charge in [-0.1, -0.05) is 35.9 Å². The van der Waals surface area contributed by atoms with E-state index in [4.69, 9.17) is 4.74 Å². The smallest absolute Gasteiger partial charge is 0.224 e. The van der Waals surface area contributed by atoms with Gasteiger partial charge < -0.3 is 15.2 Å². The molecule has 0 saturated heterocycles. The fourth-order valence-electron chi connectivity index (χ4n) is 2.41. The van der Waals surface area contributed by atoms with E-state index in [-0.39, 0.29) is 19.1 Å². The van der Waals surface area contributed by atoms with Crippen LogP contribution in [0.3, 0.4) is 0 Å². The van der Waals surface area contributed by atoms with Crippen LogP contribution in [-0.4, -0.2) is 30.3 Å². The van der Waals surface area contributed by atoms with Crippen LogP contribution >= 0.6 is 0 Å². The molecule has 0 heterocycles. The molecular weight excluding hydrogens is 302 g/mol. The summed E-state index contributed by atoms with van der Waals surface area (Å²) in [7, 11) is 0. The Morgan fingerprint density at radius 2 is 1.88 bits per heavy atom. The van der Waals surface area contributed by atoms with Crippen molar-refractivity contribution in [2.75, 3.05) is 13.2 Å². The number of carbonyl (C=O) groups excluding carboxylic acids is 1. The Hall–Kier alpha value is -2.33. The number of hydrogen-bond acceptors (Lipinski definition) is 3. The van der Waals surface area contributed by atoms with Gasteiger partial charge in [0.1, 0.15) is 18.5 Å². The van der Waals surface area contributed by atoms with Crippen molar-refractivity contribution in [3.63, 3.8) is 0 Å². The van der Waals surface area contributed by atoms with Crippen LogP contribution in [0.2, 0.25) is 0 Å². The highest BCUT2D eigenvalue weighted by atomic mass is 16.5. The number of nitrogens with one attached hydrogen (secondary N) is 1. The van der Waals surface area contributed by atoms with Gasteiger partial charge in [0.25, 0.3) is 0 Å². The van der Waals surface area contributed by atoms with Gasteiger partial charge in [-0.15, -0.1) is 0 Å². The van der Waals surface area contributed by atoms with E-state index >= 15 is 0 Å². The zero-order chi connectivity index (χ0) is 17.5. The van der Waals surface area contributed by atoms with Crippen molar-refractivity contribution >= 4 is 5.91 Å². The molecule has 1 atom stereocenters. The molecule has 2 aromatic rings. The first-order chi connectivity index (χ1) is 11.4. The summed E-state index contributed by atoms with van der Waals surface area (Å²) >= 11 is 0. The number of hydrogen-bond donors (Lipinski definition) is 2. The number of ether oxygens (including phenoxy) is 1. The standard InChI is InChI=1S/C20H25NO3/c1-14-5-4-6-19(10-14)24-13-18(22)12-21-20(23)11-17-9-15(2)7-8-16(17)3/h4-10,18,22H,11-13H2,1-3H3,(H,21,23)/t18-/m1/s1. The second kappa shape index (κ2) is 8.50. The van der Waals surface area contributed by atoms with Gasteiger partial charge >= 0.3 is 0 Å². The second-order valence-electron chi connectivity index (χ2n) is 6.19. The molecule has 128 valence electrons. The lowest BCUT2D eigenvalue weighted by Gasteiger charge is -2.14. The van der Waals surface area contributed by atoms with E-state index in [9.17, 15) is 9.90 Å². The maximum atomic E-state index is 12.0. The second-order valence-corrected chi connectivity index (χ2v) is 6.19. The SMILES string of the molecule is Cc1cccc(OC[C@H](O)CNC(=O)Cc2cc(C)ccc2C)c1. The summed E-state index contributed by atoms with van der Waals surface area (Å²) in [5.41, 5.74) is 4.34. The molecular formula is C20H25NO3. The lowest BCUT2D eigenvalue weighted by molar-refractivity contribution is -0.121. The quantitative estimate of drug-likeness (QED) is 0.822. The van der Waals surface area contributed by atoms with Gasteiger partial charge in [-0.3, -0.25) is 4.79 Å².